The van der Waals surface area contributed by atoms with Crippen molar-refractivity contribution in [2.75, 3.05) is 41.0 Å². The lowest BCUT2D eigenvalue weighted by Crippen LogP contribution is -2.12. The quantitative estimate of drug-likeness (QED) is 0.163. The zero-order valence-corrected chi connectivity index (χ0v) is 26.5. The van der Waals surface area contributed by atoms with Crippen LogP contribution in [0.2, 0.25) is 0 Å². The van der Waals surface area contributed by atoms with Crippen LogP contribution < -0.4 is 37.9 Å². The van der Waals surface area contributed by atoms with Gasteiger partial charge in [-0.15, -0.1) is 0 Å². The summed E-state index contributed by atoms with van der Waals surface area (Å²) < 4.78 is 42.3. The molecule has 0 bridgehead atoms. The predicted molar refractivity (Wildman–Crippen MR) is 174 cm³/mol. The number of methoxy groups -OCH3 is 2. The molecule has 10 heteroatoms. The smallest absolute Gasteiger partial charge is 0.231 e. The highest BCUT2D eigenvalue weighted by atomic mass is 16.7. The molecule has 0 aromatic heterocycles. The lowest BCUT2D eigenvalue weighted by Gasteiger charge is -2.09. The standard InChI is InChI=1S/2C16H14O5.C5H10/c2*1-18-13-4-2-3-5-14(13)19-9-12(17)11-6-7-15-16(8-11)21-10-20-15;1-2-4-5-3-1/h2*2-8H,9-10H2,1H3;1-5H2. The van der Waals surface area contributed by atoms with Crippen LogP contribution in [0, 0.1) is 0 Å². The number of para-hydroxylation sites is 4. The normalized spacial score (nSPS) is 13.3. The van der Waals surface area contributed by atoms with Gasteiger partial charge in [-0.25, -0.2) is 0 Å². The van der Waals surface area contributed by atoms with Crippen molar-refractivity contribution >= 4 is 11.6 Å². The van der Waals surface area contributed by atoms with Crippen LogP contribution in [0.4, 0.5) is 0 Å². The summed E-state index contributed by atoms with van der Waals surface area (Å²) in [7, 11) is 3.11. The molecule has 47 heavy (non-hydrogen) atoms. The van der Waals surface area contributed by atoms with Crippen molar-refractivity contribution in [2.45, 2.75) is 32.1 Å². The Morgan fingerprint density at radius 1 is 0.511 bits per heavy atom. The molecule has 0 saturated heterocycles. The van der Waals surface area contributed by atoms with Gasteiger partial charge in [-0.2, -0.15) is 0 Å². The minimum Gasteiger partial charge on any atom is -0.493 e. The minimum atomic E-state index is -0.140. The predicted octanol–water partition coefficient (Wildman–Crippen LogP) is 7.32. The molecule has 1 fully saturated rings. The van der Waals surface area contributed by atoms with Gasteiger partial charge in [-0.1, -0.05) is 56.4 Å². The van der Waals surface area contributed by atoms with Crippen LogP contribution >= 0.6 is 0 Å². The van der Waals surface area contributed by atoms with Gasteiger partial charge >= 0.3 is 0 Å². The van der Waals surface area contributed by atoms with Gasteiger partial charge in [0.25, 0.3) is 0 Å². The van der Waals surface area contributed by atoms with Gasteiger partial charge in [0, 0.05) is 11.1 Å². The average molecular weight is 643 g/mol. The number of carbonyl (C=O) groups excluding carboxylic acids is 2. The zero-order valence-electron chi connectivity index (χ0n) is 26.5. The molecular formula is C37H38O10. The van der Waals surface area contributed by atoms with Gasteiger partial charge < -0.3 is 37.9 Å². The summed E-state index contributed by atoms with van der Waals surface area (Å²) in [6, 6.07) is 24.5. The van der Waals surface area contributed by atoms with E-state index in [1.165, 1.54) is 32.1 Å². The number of hydrogen-bond donors (Lipinski definition) is 0. The van der Waals surface area contributed by atoms with Crippen LogP contribution in [0.5, 0.6) is 46.0 Å². The highest BCUT2D eigenvalue weighted by Gasteiger charge is 2.18. The molecule has 0 amide bonds. The second-order valence-corrected chi connectivity index (χ2v) is 10.6. The third kappa shape index (κ3) is 9.09. The number of ether oxygens (including phenoxy) is 8. The van der Waals surface area contributed by atoms with Crippen molar-refractivity contribution in [1.29, 1.82) is 0 Å². The molecule has 1 aliphatic carbocycles. The Hall–Kier alpha value is -5.38. The summed E-state index contributed by atoms with van der Waals surface area (Å²) in [4.78, 5) is 24.3. The Kier molecular flexibility index (Phi) is 11.8. The van der Waals surface area contributed by atoms with Gasteiger partial charge in [0.05, 0.1) is 14.2 Å². The van der Waals surface area contributed by atoms with Gasteiger partial charge in [-0.05, 0) is 60.7 Å². The first kappa shape index (κ1) is 33.0. The van der Waals surface area contributed by atoms with Gasteiger partial charge in [0.2, 0.25) is 13.6 Å². The first-order chi connectivity index (χ1) is 23.1. The van der Waals surface area contributed by atoms with Crippen molar-refractivity contribution in [3.8, 4) is 46.0 Å². The molecule has 2 aliphatic heterocycles. The summed E-state index contributed by atoms with van der Waals surface area (Å²) in [6.07, 6.45) is 7.50. The van der Waals surface area contributed by atoms with E-state index < -0.39 is 0 Å². The molecule has 0 radical (unpaired) electrons. The Morgan fingerprint density at radius 3 is 1.26 bits per heavy atom. The zero-order chi connectivity index (χ0) is 32.8. The first-order valence-electron chi connectivity index (χ1n) is 15.4. The lowest BCUT2D eigenvalue weighted by molar-refractivity contribution is 0.0912. The highest BCUT2D eigenvalue weighted by molar-refractivity contribution is 5.98. The van der Waals surface area contributed by atoms with Crippen molar-refractivity contribution in [3.05, 3.63) is 96.1 Å². The molecule has 10 nitrogen and oxygen atoms in total. The maximum absolute atomic E-state index is 12.2. The molecule has 7 rings (SSSR count). The second kappa shape index (κ2) is 16.8. The molecular weight excluding hydrogens is 604 g/mol. The molecule has 4 aromatic rings. The largest absolute Gasteiger partial charge is 0.493 e. The number of rotatable bonds is 10. The maximum atomic E-state index is 12.2. The monoisotopic (exact) mass is 642 g/mol. The number of Topliss-reactive ketones (excluding diaryl/α,β-unsaturated/α-hetero) is 2. The van der Waals surface area contributed by atoms with Crippen LogP contribution in [-0.2, 0) is 0 Å². The van der Waals surface area contributed by atoms with Crippen LogP contribution in [0.3, 0.4) is 0 Å². The molecule has 246 valence electrons. The summed E-state index contributed by atoms with van der Waals surface area (Å²) >= 11 is 0. The van der Waals surface area contributed by atoms with Crippen molar-refractivity contribution < 1.29 is 47.5 Å². The Balaban J connectivity index is 0.000000161. The van der Waals surface area contributed by atoms with Crippen LogP contribution in [0.1, 0.15) is 52.8 Å². The van der Waals surface area contributed by atoms with Gasteiger partial charge in [-0.3, -0.25) is 9.59 Å². The van der Waals surface area contributed by atoms with E-state index in [1.807, 2.05) is 24.3 Å². The Labute approximate surface area is 274 Å². The molecule has 0 unspecified atom stereocenters. The van der Waals surface area contributed by atoms with Gasteiger partial charge in [0.1, 0.15) is 0 Å². The third-order valence-electron chi connectivity index (χ3n) is 7.49. The summed E-state index contributed by atoms with van der Waals surface area (Å²) in [5.74, 6) is 4.44. The molecule has 3 aliphatic rings. The molecule has 2 heterocycles. The van der Waals surface area contributed by atoms with E-state index in [4.69, 9.17) is 37.9 Å². The summed E-state index contributed by atoms with van der Waals surface area (Å²) in [5, 5.41) is 0. The molecule has 4 aromatic carbocycles. The number of hydrogen-bond acceptors (Lipinski definition) is 10. The van der Waals surface area contributed by atoms with Gasteiger partial charge in [0.15, 0.2) is 70.8 Å². The SMILES string of the molecule is C1CCCC1.COc1ccccc1OCC(=O)c1ccc2c(c1)OCO2.COc1ccccc1OCC(=O)c1ccc2c(c1)OCO2. The fourth-order valence-electron chi connectivity index (χ4n) is 4.95. The van der Waals surface area contributed by atoms with E-state index in [-0.39, 0.29) is 38.4 Å². The van der Waals surface area contributed by atoms with E-state index in [9.17, 15) is 9.59 Å². The van der Waals surface area contributed by atoms with E-state index >= 15 is 0 Å². The van der Waals surface area contributed by atoms with Crippen LogP contribution in [0.15, 0.2) is 84.9 Å². The number of fused-ring (bicyclic) bond motifs is 2. The topological polar surface area (TPSA) is 108 Å². The molecule has 1 saturated carbocycles. The van der Waals surface area contributed by atoms with E-state index in [0.717, 1.165) is 0 Å². The fourth-order valence-corrected chi connectivity index (χ4v) is 4.95. The third-order valence-corrected chi connectivity index (χ3v) is 7.49. The maximum Gasteiger partial charge on any atom is 0.231 e. The summed E-state index contributed by atoms with van der Waals surface area (Å²) in [6.45, 7) is 0.232. The number of benzene rings is 4. The van der Waals surface area contributed by atoms with E-state index in [2.05, 4.69) is 0 Å². The lowest BCUT2D eigenvalue weighted by atomic mass is 10.1. The Morgan fingerprint density at radius 2 is 0.872 bits per heavy atom. The highest BCUT2D eigenvalue weighted by Crippen LogP contribution is 2.34. The Bertz CT molecular complexity index is 1520. The second-order valence-electron chi connectivity index (χ2n) is 10.6. The minimum absolute atomic E-state index is 0.0694. The molecule has 0 spiro atoms. The van der Waals surface area contributed by atoms with Crippen molar-refractivity contribution in [1.82, 2.24) is 0 Å². The number of carbonyl (C=O) groups is 2. The molecule has 0 atom stereocenters. The van der Waals surface area contributed by atoms with Crippen molar-refractivity contribution in [2.24, 2.45) is 0 Å². The van der Waals surface area contributed by atoms with Crippen molar-refractivity contribution in [3.63, 3.8) is 0 Å². The molecule has 0 N–H and O–H groups in total. The van der Waals surface area contributed by atoms with Crippen LogP contribution in [-0.4, -0.2) is 52.6 Å². The average Bonchev–Trinajstić information content (AvgIpc) is 3.94. The summed E-state index contributed by atoms with van der Waals surface area (Å²) in [5.41, 5.74) is 1.04. The fraction of sp³-hybridized carbons (Fsp3) is 0.297. The first-order valence-corrected chi connectivity index (χ1v) is 15.4. The van der Waals surface area contributed by atoms with E-state index in [1.54, 1.807) is 74.9 Å². The van der Waals surface area contributed by atoms with E-state index in [0.29, 0.717) is 57.1 Å². The van der Waals surface area contributed by atoms with Crippen LogP contribution in [0.25, 0.3) is 0 Å². The number of ketones is 2.